The van der Waals surface area contributed by atoms with Gasteiger partial charge in [-0.15, -0.1) is 0 Å². The maximum atomic E-state index is 12.6. The SMILES string of the molecule is CCOC(=O)[C@H]1CCCN(C(=O)Cn2nc(C)c3cccn3c2=O)C1. The fraction of sp³-hybridized carbons (Fsp3) is 0.529. The van der Waals surface area contributed by atoms with Gasteiger partial charge in [-0.1, -0.05) is 0 Å². The van der Waals surface area contributed by atoms with E-state index in [1.54, 1.807) is 31.0 Å². The molecule has 0 aliphatic carbocycles. The van der Waals surface area contributed by atoms with E-state index in [1.807, 2.05) is 6.07 Å². The molecule has 25 heavy (non-hydrogen) atoms. The second kappa shape index (κ2) is 7.08. The monoisotopic (exact) mass is 346 g/mol. The number of amides is 1. The summed E-state index contributed by atoms with van der Waals surface area (Å²) in [5.74, 6) is -0.773. The summed E-state index contributed by atoms with van der Waals surface area (Å²) < 4.78 is 7.71. The first-order valence-electron chi connectivity index (χ1n) is 8.50. The summed E-state index contributed by atoms with van der Waals surface area (Å²) in [6, 6.07) is 3.58. The number of ether oxygens (including phenoxy) is 1. The van der Waals surface area contributed by atoms with Gasteiger partial charge in [0.15, 0.2) is 0 Å². The van der Waals surface area contributed by atoms with E-state index in [2.05, 4.69) is 5.10 Å². The molecule has 8 nitrogen and oxygen atoms in total. The van der Waals surface area contributed by atoms with Gasteiger partial charge in [-0.2, -0.15) is 5.10 Å². The molecule has 1 aliphatic rings. The summed E-state index contributed by atoms with van der Waals surface area (Å²) >= 11 is 0. The van der Waals surface area contributed by atoms with Crippen LogP contribution in [0, 0.1) is 12.8 Å². The minimum atomic E-state index is -0.349. The molecule has 134 valence electrons. The molecule has 1 aliphatic heterocycles. The van der Waals surface area contributed by atoms with Crippen molar-refractivity contribution in [2.75, 3.05) is 19.7 Å². The zero-order valence-electron chi connectivity index (χ0n) is 14.5. The molecule has 0 aromatic carbocycles. The number of carbonyl (C=O) groups is 2. The van der Waals surface area contributed by atoms with Gasteiger partial charge in [-0.3, -0.25) is 14.0 Å². The molecule has 0 N–H and O–H groups in total. The van der Waals surface area contributed by atoms with Crippen molar-refractivity contribution in [3.8, 4) is 0 Å². The number of fused-ring (bicyclic) bond motifs is 1. The van der Waals surface area contributed by atoms with Crippen molar-refractivity contribution in [2.45, 2.75) is 33.2 Å². The highest BCUT2D eigenvalue weighted by molar-refractivity contribution is 5.78. The van der Waals surface area contributed by atoms with Crippen molar-refractivity contribution in [3.63, 3.8) is 0 Å². The number of aryl methyl sites for hydroxylation is 1. The summed E-state index contributed by atoms with van der Waals surface area (Å²) in [7, 11) is 0. The fourth-order valence-electron chi connectivity index (χ4n) is 3.23. The zero-order chi connectivity index (χ0) is 18.0. The topological polar surface area (TPSA) is 85.9 Å². The number of hydrogen-bond donors (Lipinski definition) is 0. The van der Waals surface area contributed by atoms with E-state index in [-0.39, 0.29) is 30.0 Å². The van der Waals surface area contributed by atoms with Gasteiger partial charge < -0.3 is 9.64 Å². The lowest BCUT2D eigenvalue weighted by Gasteiger charge is -2.31. The summed E-state index contributed by atoms with van der Waals surface area (Å²) in [6.45, 7) is 4.67. The quantitative estimate of drug-likeness (QED) is 0.757. The van der Waals surface area contributed by atoms with Crippen molar-refractivity contribution >= 4 is 17.4 Å². The van der Waals surface area contributed by atoms with Crippen LogP contribution in [0.5, 0.6) is 0 Å². The van der Waals surface area contributed by atoms with Crippen LogP contribution in [0.25, 0.3) is 5.52 Å². The van der Waals surface area contributed by atoms with Crippen LogP contribution in [0.3, 0.4) is 0 Å². The van der Waals surface area contributed by atoms with Gasteiger partial charge in [-0.25, -0.2) is 9.48 Å². The Morgan fingerprint density at radius 3 is 2.96 bits per heavy atom. The smallest absolute Gasteiger partial charge is 0.349 e. The molecule has 2 aromatic heterocycles. The molecule has 1 amide bonds. The Balaban J connectivity index is 1.75. The highest BCUT2D eigenvalue weighted by Crippen LogP contribution is 2.18. The van der Waals surface area contributed by atoms with Gasteiger partial charge in [0.1, 0.15) is 6.54 Å². The molecule has 2 aromatic rings. The average Bonchev–Trinajstić information content (AvgIpc) is 3.10. The molecule has 1 atom stereocenters. The minimum absolute atomic E-state index is 0.136. The van der Waals surface area contributed by atoms with E-state index in [0.717, 1.165) is 18.4 Å². The van der Waals surface area contributed by atoms with Crippen molar-refractivity contribution in [3.05, 3.63) is 34.5 Å². The van der Waals surface area contributed by atoms with Gasteiger partial charge in [0, 0.05) is 19.3 Å². The van der Waals surface area contributed by atoms with Crippen LogP contribution in [0.15, 0.2) is 23.1 Å². The van der Waals surface area contributed by atoms with Crippen LogP contribution in [0.4, 0.5) is 0 Å². The van der Waals surface area contributed by atoms with Crippen LogP contribution in [-0.2, 0) is 20.9 Å². The van der Waals surface area contributed by atoms with Gasteiger partial charge in [0.2, 0.25) is 5.91 Å². The van der Waals surface area contributed by atoms with E-state index in [1.165, 1.54) is 9.08 Å². The third-order valence-corrected chi connectivity index (χ3v) is 4.50. The Hall–Kier alpha value is -2.64. The van der Waals surface area contributed by atoms with Gasteiger partial charge in [0.05, 0.1) is 23.7 Å². The molecule has 0 radical (unpaired) electrons. The van der Waals surface area contributed by atoms with E-state index in [9.17, 15) is 14.4 Å². The Morgan fingerprint density at radius 1 is 1.40 bits per heavy atom. The molecule has 0 unspecified atom stereocenters. The summed E-state index contributed by atoms with van der Waals surface area (Å²) in [4.78, 5) is 38.6. The molecular weight excluding hydrogens is 324 g/mol. The first-order valence-corrected chi connectivity index (χ1v) is 8.50. The van der Waals surface area contributed by atoms with Crippen molar-refractivity contribution < 1.29 is 14.3 Å². The lowest BCUT2D eigenvalue weighted by Crippen LogP contribution is -2.45. The number of aromatic nitrogens is 3. The number of rotatable bonds is 4. The first-order chi connectivity index (χ1) is 12.0. The lowest BCUT2D eigenvalue weighted by atomic mass is 9.98. The summed E-state index contributed by atoms with van der Waals surface area (Å²) in [6.07, 6.45) is 3.12. The maximum absolute atomic E-state index is 12.6. The number of hydrogen-bond acceptors (Lipinski definition) is 5. The van der Waals surface area contributed by atoms with E-state index in [4.69, 9.17) is 4.74 Å². The Labute approximate surface area is 145 Å². The number of nitrogens with zero attached hydrogens (tertiary/aromatic N) is 4. The van der Waals surface area contributed by atoms with Crippen LogP contribution in [0.1, 0.15) is 25.5 Å². The average molecular weight is 346 g/mol. The summed E-state index contributed by atoms with van der Waals surface area (Å²) in [5, 5.41) is 4.24. The Kier molecular flexibility index (Phi) is 4.87. The fourth-order valence-corrected chi connectivity index (χ4v) is 3.23. The standard InChI is InChI=1S/C17H22N4O4/c1-3-25-16(23)13-6-4-8-19(10-13)15(22)11-21-17(24)20-9-5-7-14(20)12(2)18-21/h5,7,9,13H,3-4,6,8,10-11H2,1-2H3/t13-/m0/s1. The third-order valence-electron chi connectivity index (χ3n) is 4.50. The van der Waals surface area contributed by atoms with Crippen molar-refractivity contribution in [1.82, 2.24) is 19.1 Å². The highest BCUT2D eigenvalue weighted by atomic mass is 16.5. The molecule has 1 saturated heterocycles. The highest BCUT2D eigenvalue weighted by Gasteiger charge is 2.29. The van der Waals surface area contributed by atoms with Gasteiger partial charge in [-0.05, 0) is 38.8 Å². The zero-order valence-corrected chi connectivity index (χ0v) is 14.5. The molecule has 0 saturated carbocycles. The number of likely N-dealkylation sites (tertiary alicyclic amines) is 1. The van der Waals surface area contributed by atoms with Crippen LogP contribution in [-0.4, -0.2) is 50.7 Å². The van der Waals surface area contributed by atoms with Crippen molar-refractivity contribution in [2.24, 2.45) is 5.92 Å². The molecule has 8 heteroatoms. The van der Waals surface area contributed by atoms with Crippen LogP contribution in [0.2, 0.25) is 0 Å². The molecule has 0 bridgehead atoms. The van der Waals surface area contributed by atoms with E-state index >= 15 is 0 Å². The third kappa shape index (κ3) is 3.42. The van der Waals surface area contributed by atoms with E-state index in [0.29, 0.717) is 25.4 Å². The molecular formula is C17H22N4O4. The normalized spacial score (nSPS) is 17.7. The largest absolute Gasteiger partial charge is 0.466 e. The molecule has 1 fully saturated rings. The maximum Gasteiger partial charge on any atom is 0.349 e. The van der Waals surface area contributed by atoms with Gasteiger partial charge in [0.25, 0.3) is 0 Å². The number of carbonyl (C=O) groups excluding carboxylic acids is 2. The second-order valence-electron chi connectivity index (χ2n) is 6.22. The van der Waals surface area contributed by atoms with E-state index < -0.39 is 0 Å². The molecule has 3 rings (SSSR count). The predicted octanol–water partition coefficient (Wildman–Crippen LogP) is 0.606. The first kappa shape index (κ1) is 17.2. The predicted molar refractivity (Wildman–Crippen MR) is 90.1 cm³/mol. The minimum Gasteiger partial charge on any atom is -0.466 e. The second-order valence-corrected chi connectivity index (χ2v) is 6.22. The summed E-state index contributed by atoms with van der Waals surface area (Å²) in [5.41, 5.74) is 1.06. The lowest BCUT2D eigenvalue weighted by molar-refractivity contribution is -0.151. The Bertz CT molecular complexity index is 854. The molecule has 0 spiro atoms. The van der Waals surface area contributed by atoms with Crippen molar-refractivity contribution in [1.29, 1.82) is 0 Å². The number of esters is 1. The van der Waals surface area contributed by atoms with Crippen LogP contribution >= 0.6 is 0 Å². The van der Waals surface area contributed by atoms with Crippen LogP contribution < -0.4 is 5.69 Å². The molecule has 3 heterocycles. The number of piperidine rings is 1. The van der Waals surface area contributed by atoms with Gasteiger partial charge >= 0.3 is 11.7 Å². The Morgan fingerprint density at radius 2 is 2.20 bits per heavy atom.